The van der Waals surface area contributed by atoms with Crippen LogP contribution in [-0.4, -0.2) is 34.8 Å². The first-order chi connectivity index (χ1) is 16.5. The van der Waals surface area contributed by atoms with Gasteiger partial charge in [0, 0.05) is 40.2 Å². The molecule has 34 heavy (non-hydrogen) atoms. The van der Waals surface area contributed by atoms with Crippen LogP contribution in [0.5, 0.6) is 0 Å². The maximum absolute atomic E-state index is 12.5. The quantitative estimate of drug-likeness (QED) is 0.324. The normalized spacial score (nSPS) is 15.5. The summed E-state index contributed by atoms with van der Waals surface area (Å²) in [6.45, 7) is 1.15. The number of nitrogens with one attached hydrogen (secondary N) is 1. The fourth-order valence-corrected chi connectivity index (χ4v) is 6.24. The van der Waals surface area contributed by atoms with Crippen molar-refractivity contribution in [2.45, 2.75) is 17.7 Å². The van der Waals surface area contributed by atoms with Gasteiger partial charge in [-0.3, -0.25) is 9.59 Å². The molecule has 0 unspecified atom stereocenters. The smallest absolute Gasteiger partial charge is 0.251 e. The van der Waals surface area contributed by atoms with E-state index in [9.17, 15) is 9.59 Å². The first-order valence-corrected chi connectivity index (χ1v) is 13.8. The van der Waals surface area contributed by atoms with Crippen molar-refractivity contribution in [3.63, 3.8) is 0 Å². The average Bonchev–Trinajstić information content (AvgIpc) is 3.20. The van der Waals surface area contributed by atoms with Gasteiger partial charge in [-0.1, -0.05) is 71.7 Å². The molecule has 4 nitrogen and oxygen atoms in total. The lowest BCUT2D eigenvalue weighted by Crippen LogP contribution is -2.28. The summed E-state index contributed by atoms with van der Waals surface area (Å²) in [5.41, 5.74) is 3.77. The molecule has 0 aromatic heterocycles. The van der Waals surface area contributed by atoms with Gasteiger partial charge in [-0.25, -0.2) is 0 Å². The third kappa shape index (κ3) is 6.51. The van der Waals surface area contributed by atoms with E-state index in [2.05, 4.69) is 5.32 Å². The summed E-state index contributed by atoms with van der Waals surface area (Å²) in [4.78, 5) is 26.9. The summed E-state index contributed by atoms with van der Waals surface area (Å²) < 4.78 is 0. The molecule has 1 atom stereocenters. The molecule has 1 aliphatic heterocycles. The van der Waals surface area contributed by atoms with Crippen LogP contribution in [0.4, 0.5) is 0 Å². The van der Waals surface area contributed by atoms with Crippen molar-refractivity contribution in [1.29, 1.82) is 0 Å². The molecule has 3 aromatic rings. The fraction of sp³-hybridized carbons (Fsp3) is 0.231. The monoisotopic (exact) mass is 530 g/mol. The molecule has 0 spiro atoms. The van der Waals surface area contributed by atoms with Gasteiger partial charge in [0.1, 0.15) is 5.37 Å². The number of carbonyl (C=O) groups excluding carboxylic acids is 2. The van der Waals surface area contributed by atoms with Crippen LogP contribution >= 0.6 is 46.7 Å². The standard InChI is InChI=1S/C26H24Cl2N2O2S2/c27-22-11-10-21(23(28)14-22)16-33-13-12-29-25(32)19-6-8-20(9-7-19)26-30(24(31)17-34-26)15-18-4-2-1-3-5-18/h1-11,14,26H,12-13,15-17H2,(H,29,32)/t26-/m0/s1. The Morgan fingerprint density at radius 1 is 1.06 bits per heavy atom. The molecular weight excluding hydrogens is 507 g/mol. The van der Waals surface area contributed by atoms with E-state index in [4.69, 9.17) is 23.2 Å². The van der Waals surface area contributed by atoms with E-state index in [1.54, 1.807) is 29.6 Å². The molecule has 4 rings (SSSR count). The average molecular weight is 532 g/mol. The third-order valence-corrected chi connectivity index (χ3v) is 8.28. The molecule has 1 heterocycles. The molecule has 1 saturated heterocycles. The second kappa shape index (κ2) is 12.0. The summed E-state index contributed by atoms with van der Waals surface area (Å²) in [6.07, 6.45) is 0. The summed E-state index contributed by atoms with van der Waals surface area (Å²) >= 11 is 15.5. The van der Waals surface area contributed by atoms with Crippen LogP contribution in [0.1, 0.15) is 32.4 Å². The van der Waals surface area contributed by atoms with Crippen LogP contribution in [0.25, 0.3) is 0 Å². The molecule has 0 radical (unpaired) electrons. The molecule has 176 valence electrons. The maximum Gasteiger partial charge on any atom is 0.251 e. The van der Waals surface area contributed by atoms with Gasteiger partial charge in [-0.15, -0.1) is 11.8 Å². The number of halogens is 2. The predicted octanol–water partition coefficient (Wildman–Crippen LogP) is 6.43. The Balaban J connectivity index is 1.27. The Labute approximate surface area is 218 Å². The SMILES string of the molecule is O=C(NCCSCc1ccc(Cl)cc1Cl)c1ccc([C@@H]2SCC(=O)N2Cc2ccccc2)cc1. The van der Waals surface area contributed by atoms with E-state index in [-0.39, 0.29) is 17.2 Å². The number of nitrogens with zero attached hydrogens (tertiary/aromatic N) is 1. The lowest BCUT2D eigenvalue weighted by Gasteiger charge is -2.24. The van der Waals surface area contributed by atoms with Gasteiger partial charge in [-0.05, 0) is 41.0 Å². The first-order valence-electron chi connectivity index (χ1n) is 10.9. The zero-order valence-electron chi connectivity index (χ0n) is 18.4. The number of hydrogen-bond donors (Lipinski definition) is 1. The lowest BCUT2D eigenvalue weighted by atomic mass is 10.1. The Morgan fingerprint density at radius 3 is 2.56 bits per heavy atom. The van der Waals surface area contributed by atoms with Crippen LogP contribution in [0.15, 0.2) is 72.8 Å². The van der Waals surface area contributed by atoms with Crippen LogP contribution in [0, 0.1) is 0 Å². The van der Waals surface area contributed by atoms with Gasteiger partial charge in [0.15, 0.2) is 0 Å². The number of benzene rings is 3. The zero-order chi connectivity index (χ0) is 23.9. The van der Waals surface area contributed by atoms with Crippen molar-refractivity contribution in [1.82, 2.24) is 10.2 Å². The molecule has 1 fully saturated rings. The molecule has 0 aliphatic carbocycles. The zero-order valence-corrected chi connectivity index (χ0v) is 21.5. The van der Waals surface area contributed by atoms with Gasteiger partial charge in [-0.2, -0.15) is 11.8 Å². The minimum Gasteiger partial charge on any atom is -0.351 e. The van der Waals surface area contributed by atoms with Gasteiger partial charge in [0.05, 0.1) is 5.75 Å². The van der Waals surface area contributed by atoms with Crippen LogP contribution in [0.2, 0.25) is 10.0 Å². The summed E-state index contributed by atoms with van der Waals surface area (Å²) in [7, 11) is 0. The number of hydrogen-bond acceptors (Lipinski definition) is 4. The Morgan fingerprint density at radius 2 is 1.82 bits per heavy atom. The molecule has 8 heteroatoms. The second-order valence-corrected chi connectivity index (χ2v) is 10.9. The topological polar surface area (TPSA) is 49.4 Å². The van der Waals surface area contributed by atoms with Gasteiger partial charge < -0.3 is 10.2 Å². The molecule has 3 aromatic carbocycles. The van der Waals surface area contributed by atoms with Crippen molar-refractivity contribution in [2.75, 3.05) is 18.1 Å². The first kappa shape index (κ1) is 25.0. The van der Waals surface area contributed by atoms with E-state index in [1.807, 2.05) is 71.6 Å². The number of amides is 2. The summed E-state index contributed by atoms with van der Waals surface area (Å²) in [6, 6.07) is 23.0. The maximum atomic E-state index is 12.5. The minimum absolute atomic E-state index is 0.0408. The van der Waals surface area contributed by atoms with Crippen LogP contribution in [0.3, 0.4) is 0 Å². The minimum atomic E-state index is -0.104. The van der Waals surface area contributed by atoms with Crippen molar-refractivity contribution in [2.24, 2.45) is 0 Å². The fourth-order valence-electron chi connectivity index (χ4n) is 3.64. The van der Waals surface area contributed by atoms with Crippen molar-refractivity contribution >= 4 is 58.5 Å². The molecule has 0 saturated carbocycles. The van der Waals surface area contributed by atoms with E-state index >= 15 is 0 Å². The Bertz CT molecular complexity index is 1140. The summed E-state index contributed by atoms with van der Waals surface area (Å²) in [5.74, 6) is 2.04. The highest BCUT2D eigenvalue weighted by Gasteiger charge is 2.32. The lowest BCUT2D eigenvalue weighted by molar-refractivity contribution is -0.128. The van der Waals surface area contributed by atoms with Crippen LogP contribution in [-0.2, 0) is 17.1 Å². The Hall–Kier alpha value is -2.12. The van der Waals surface area contributed by atoms with Crippen molar-refractivity contribution in [3.8, 4) is 0 Å². The van der Waals surface area contributed by atoms with E-state index in [0.29, 0.717) is 34.5 Å². The Kier molecular flexibility index (Phi) is 8.84. The highest BCUT2D eigenvalue weighted by molar-refractivity contribution is 8.00. The number of carbonyl (C=O) groups is 2. The third-order valence-electron chi connectivity index (χ3n) is 5.43. The van der Waals surface area contributed by atoms with Crippen molar-refractivity contribution < 1.29 is 9.59 Å². The molecule has 1 aliphatic rings. The van der Waals surface area contributed by atoms with E-state index in [0.717, 1.165) is 28.2 Å². The number of thioether (sulfide) groups is 2. The molecular formula is C26H24Cl2N2O2S2. The summed E-state index contributed by atoms with van der Waals surface area (Å²) in [5, 5.41) is 4.21. The number of rotatable bonds is 9. The van der Waals surface area contributed by atoms with Gasteiger partial charge >= 0.3 is 0 Å². The highest BCUT2D eigenvalue weighted by Crippen LogP contribution is 2.39. The van der Waals surface area contributed by atoms with Gasteiger partial charge in [0.25, 0.3) is 5.91 Å². The largest absolute Gasteiger partial charge is 0.351 e. The van der Waals surface area contributed by atoms with Crippen molar-refractivity contribution in [3.05, 3.63) is 105 Å². The van der Waals surface area contributed by atoms with E-state index < -0.39 is 0 Å². The predicted molar refractivity (Wildman–Crippen MR) is 144 cm³/mol. The second-order valence-electron chi connectivity index (χ2n) is 7.84. The molecule has 1 N–H and O–H groups in total. The molecule has 0 bridgehead atoms. The van der Waals surface area contributed by atoms with E-state index in [1.165, 1.54) is 0 Å². The highest BCUT2D eigenvalue weighted by atomic mass is 35.5. The van der Waals surface area contributed by atoms with Gasteiger partial charge in [0.2, 0.25) is 5.91 Å². The molecule has 2 amide bonds. The van der Waals surface area contributed by atoms with Crippen LogP contribution < -0.4 is 5.32 Å².